The zero-order chi connectivity index (χ0) is 30.9. The molecule has 7 rings (SSSR count). The lowest BCUT2D eigenvalue weighted by molar-refractivity contribution is 0.318. The zero-order valence-electron chi connectivity index (χ0n) is 26.4. The van der Waals surface area contributed by atoms with Crippen LogP contribution in [0.15, 0.2) is 37.6 Å². The Kier molecular flexibility index (Phi) is 8.88. The number of aromatic nitrogens is 2. The van der Waals surface area contributed by atoms with Gasteiger partial charge in [-0.15, -0.1) is 0 Å². The fourth-order valence-corrected chi connectivity index (χ4v) is 8.01. The molecule has 3 fully saturated rings. The Morgan fingerprint density at radius 2 is 1.13 bits per heavy atom. The number of likely N-dealkylation sites (tertiary alicyclic amines) is 3. The summed E-state index contributed by atoms with van der Waals surface area (Å²) in [5, 5.41) is 13.8. The number of nitrogens with zero attached hydrogens (tertiary/aromatic N) is 6. The van der Waals surface area contributed by atoms with Gasteiger partial charge < -0.3 is 19.8 Å². The molecule has 45 heavy (non-hydrogen) atoms. The van der Waals surface area contributed by atoms with E-state index in [4.69, 9.17) is 4.99 Å². The van der Waals surface area contributed by atoms with Crippen LogP contribution in [0.4, 0.5) is 0 Å². The van der Waals surface area contributed by atoms with Gasteiger partial charge in [0.05, 0.1) is 16.3 Å². The van der Waals surface area contributed by atoms with Crippen molar-refractivity contribution < 1.29 is 5.11 Å². The molecule has 1 N–H and O–H groups in total. The van der Waals surface area contributed by atoms with Crippen molar-refractivity contribution in [1.29, 1.82) is 0 Å². The average Bonchev–Trinajstić information content (AvgIpc) is 3.85. The third-order valence-electron chi connectivity index (χ3n) is 10.4. The first-order chi connectivity index (χ1) is 22.0. The Bertz CT molecular complexity index is 1850. The van der Waals surface area contributed by atoms with E-state index in [9.17, 15) is 19.5 Å². The van der Waals surface area contributed by atoms with Gasteiger partial charge in [-0.2, -0.15) is 0 Å². The summed E-state index contributed by atoms with van der Waals surface area (Å²) in [5.74, 6) is -0.106. The molecule has 1 aromatic heterocycles. The topological polar surface area (TPSA) is 103 Å². The molecule has 0 saturated carbocycles. The van der Waals surface area contributed by atoms with E-state index in [1.54, 1.807) is 18.2 Å². The lowest BCUT2D eigenvalue weighted by Crippen LogP contribution is -2.37. The molecule has 0 spiro atoms. The predicted molar refractivity (Wildman–Crippen MR) is 178 cm³/mol. The van der Waals surface area contributed by atoms with Crippen LogP contribution in [-0.4, -0.2) is 94.4 Å². The molecule has 1 aromatic carbocycles. The number of hydrogen-bond acceptors (Lipinski definition) is 8. The fourth-order valence-electron chi connectivity index (χ4n) is 8.01. The maximum absolute atomic E-state index is 14.2. The molecule has 10 heteroatoms. The molecule has 2 aromatic rings. The van der Waals surface area contributed by atoms with E-state index in [1.807, 2.05) is 0 Å². The number of benzene rings is 2. The minimum absolute atomic E-state index is 0.106. The van der Waals surface area contributed by atoms with Crippen molar-refractivity contribution in [3.05, 3.63) is 54.6 Å². The van der Waals surface area contributed by atoms with Crippen molar-refractivity contribution in [3.63, 3.8) is 0 Å². The van der Waals surface area contributed by atoms with Crippen LogP contribution in [0.2, 0.25) is 0 Å². The summed E-state index contributed by atoms with van der Waals surface area (Å²) < 4.78 is 2.83. The van der Waals surface area contributed by atoms with Crippen LogP contribution in [0.25, 0.3) is 32.7 Å². The molecule has 0 bridgehead atoms. The molecule has 0 amide bonds. The molecule has 0 atom stereocenters. The number of pyridine rings is 2. The van der Waals surface area contributed by atoms with Crippen LogP contribution in [0.1, 0.15) is 57.8 Å². The van der Waals surface area contributed by atoms with Gasteiger partial charge in [0.15, 0.2) is 0 Å². The summed E-state index contributed by atoms with van der Waals surface area (Å²) >= 11 is 0. The van der Waals surface area contributed by atoms with Crippen LogP contribution in [-0.2, 0) is 13.1 Å². The summed E-state index contributed by atoms with van der Waals surface area (Å²) in [7, 11) is 0. The fraction of sp³-hybridized carbons (Fsp3) is 0.600. The van der Waals surface area contributed by atoms with Crippen LogP contribution in [0, 0.1) is 0 Å². The van der Waals surface area contributed by atoms with Crippen molar-refractivity contribution in [1.82, 2.24) is 23.8 Å². The first-order valence-corrected chi connectivity index (χ1v) is 17.2. The molecule has 240 valence electrons. The van der Waals surface area contributed by atoms with Gasteiger partial charge in [0.2, 0.25) is 5.88 Å². The van der Waals surface area contributed by atoms with E-state index < -0.39 is 0 Å². The summed E-state index contributed by atoms with van der Waals surface area (Å²) in [5.41, 5.74) is -0.113. The van der Waals surface area contributed by atoms with Gasteiger partial charge >= 0.3 is 0 Å². The summed E-state index contributed by atoms with van der Waals surface area (Å²) in [6.45, 7) is 10.5. The summed E-state index contributed by atoms with van der Waals surface area (Å²) in [4.78, 5) is 54.2. The molecule has 5 aliphatic rings. The van der Waals surface area contributed by atoms with Gasteiger partial charge in [0.1, 0.15) is 0 Å². The molecule has 0 unspecified atom stereocenters. The minimum Gasteiger partial charge on any atom is -0.494 e. The number of aromatic hydroxyl groups is 1. The van der Waals surface area contributed by atoms with Crippen LogP contribution < -0.4 is 22.0 Å². The smallest absolute Gasteiger partial charge is 0.263 e. The normalized spacial score (nSPS) is 19.1. The van der Waals surface area contributed by atoms with E-state index in [-0.39, 0.29) is 22.6 Å². The van der Waals surface area contributed by atoms with Crippen LogP contribution in [0.5, 0.6) is 5.88 Å². The maximum Gasteiger partial charge on any atom is 0.263 e. The highest BCUT2D eigenvalue weighted by Gasteiger charge is 2.27. The summed E-state index contributed by atoms with van der Waals surface area (Å²) in [6, 6.07) is 5.20. The van der Waals surface area contributed by atoms with Gasteiger partial charge in [0, 0.05) is 41.4 Å². The second-order valence-corrected chi connectivity index (χ2v) is 13.4. The van der Waals surface area contributed by atoms with E-state index in [0.29, 0.717) is 57.7 Å². The maximum atomic E-state index is 14.2. The minimum atomic E-state index is -0.342. The monoisotopic (exact) mass is 614 g/mol. The average molecular weight is 615 g/mol. The van der Waals surface area contributed by atoms with Gasteiger partial charge in [0.25, 0.3) is 16.7 Å². The zero-order valence-corrected chi connectivity index (χ0v) is 26.4. The van der Waals surface area contributed by atoms with Gasteiger partial charge in [-0.3, -0.25) is 28.5 Å². The molecule has 10 nitrogen and oxygen atoms in total. The Balaban J connectivity index is 1.32. The SMILES string of the molecule is O=c1c2c(=NCCCN3CCCC3)cc3c(=O)n(CCCN4CCCC4)c(=O)c4ccc(c(O)n1CCCN1CCCC1)c2c4-3. The molecular weight excluding hydrogens is 568 g/mol. The first kappa shape index (κ1) is 30.3. The lowest BCUT2D eigenvalue weighted by Gasteiger charge is -2.21. The molecule has 1 aliphatic carbocycles. The Labute approximate surface area is 263 Å². The first-order valence-electron chi connectivity index (χ1n) is 17.2. The third-order valence-corrected chi connectivity index (χ3v) is 10.4. The molecule has 3 saturated heterocycles. The van der Waals surface area contributed by atoms with E-state index in [1.165, 1.54) is 47.7 Å². The predicted octanol–water partition coefficient (Wildman–Crippen LogP) is 2.72. The van der Waals surface area contributed by atoms with Crippen molar-refractivity contribution in [2.45, 2.75) is 70.9 Å². The van der Waals surface area contributed by atoms with E-state index in [2.05, 4.69) is 14.7 Å². The molecule has 0 radical (unpaired) electrons. The highest BCUT2D eigenvalue weighted by Crippen LogP contribution is 2.36. The number of hydrogen-bond donors (Lipinski definition) is 1. The van der Waals surface area contributed by atoms with Crippen molar-refractivity contribution >= 4 is 21.5 Å². The Morgan fingerprint density at radius 3 is 1.73 bits per heavy atom. The van der Waals surface area contributed by atoms with Crippen LogP contribution in [0.3, 0.4) is 0 Å². The molecular formula is C35H46N6O4. The Hall–Kier alpha value is -3.34. The van der Waals surface area contributed by atoms with Crippen molar-refractivity contribution in [2.24, 2.45) is 4.99 Å². The van der Waals surface area contributed by atoms with Gasteiger partial charge in [-0.05, 0) is 135 Å². The van der Waals surface area contributed by atoms with Crippen molar-refractivity contribution in [3.8, 4) is 17.0 Å². The third kappa shape index (κ3) is 5.88. The highest BCUT2D eigenvalue weighted by molar-refractivity contribution is 6.15. The second kappa shape index (κ2) is 13.2. The standard InChI is InChI=1S/C35H46N6O4/c42-32-25-10-11-26-30-29(25)27(34(44)40(32)22-8-20-38-15-3-4-16-38)24-28(36-12-7-19-37-13-1-2-14-37)31(30)35(45)41(33(26)43)23-9-21-39-17-5-6-18-39/h10-11,24,43H,1-9,12-23H2. The Morgan fingerprint density at radius 1 is 0.600 bits per heavy atom. The highest BCUT2D eigenvalue weighted by atomic mass is 16.3. The quantitative estimate of drug-likeness (QED) is 0.193. The summed E-state index contributed by atoms with van der Waals surface area (Å²) in [6.07, 6.45) is 9.60. The van der Waals surface area contributed by atoms with Crippen molar-refractivity contribution in [2.75, 3.05) is 65.4 Å². The van der Waals surface area contributed by atoms with E-state index >= 15 is 0 Å². The largest absolute Gasteiger partial charge is 0.494 e. The second-order valence-electron chi connectivity index (χ2n) is 13.4. The number of rotatable bonds is 12. The van der Waals surface area contributed by atoms with Gasteiger partial charge in [-0.25, -0.2) is 0 Å². The van der Waals surface area contributed by atoms with Gasteiger partial charge in [-0.1, -0.05) is 0 Å². The molecule has 4 aliphatic heterocycles. The van der Waals surface area contributed by atoms with E-state index in [0.717, 1.165) is 78.2 Å². The lowest BCUT2D eigenvalue weighted by atomic mass is 9.90. The molecule has 5 heterocycles. The van der Waals surface area contributed by atoms with Crippen LogP contribution >= 0.6 is 0 Å².